The first-order chi connectivity index (χ1) is 31.4. The molecule has 6 bridgehead atoms. The highest BCUT2D eigenvalue weighted by Gasteiger charge is 2.57. The van der Waals surface area contributed by atoms with Gasteiger partial charge in [-0.15, -0.1) is 0 Å². The number of rotatable bonds is 3. The van der Waals surface area contributed by atoms with Crippen molar-refractivity contribution in [1.29, 1.82) is 0 Å². The van der Waals surface area contributed by atoms with Gasteiger partial charge in [0.2, 0.25) is 5.91 Å². The molecule has 65 heavy (non-hydrogen) atoms. The van der Waals surface area contributed by atoms with Crippen molar-refractivity contribution in [3.05, 3.63) is 46.6 Å². The summed E-state index contributed by atoms with van der Waals surface area (Å²) in [6.45, 7) is 2.69. The van der Waals surface area contributed by atoms with Crippen molar-refractivity contribution in [1.82, 2.24) is 15.2 Å². The van der Waals surface area contributed by atoms with Gasteiger partial charge in [0.05, 0.1) is 6.10 Å². The van der Waals surface area contributed by atoms with Crippen molar-refractivity contribution in [2.24, 2.45) is 33.4 Å². The number of ether oxygens (including phenoxy) is 2. The van der Waals surface area contributed by atoms with Crippen molar-refractivity contribution >= 4 is 45.2 Å². The fourth-order valence-electron chi connectivity index (χ4n) is 13.7. The SMILES string of the molecule is CC(=O)OC12CCc3cc(c(O)c4c3CCC3CCCC3O4)CN3CC(Cc4ccnc(N)c4)(CCN=C(N)NC4(CCCC45CCCC5)SSCCCCCC(CC1)C(O)C2)CC3=O. The number of nitrogens with two attached hydrogens (primary N) is 2. The summed E-state index contributed by atoms with van der Waals surface area (Å²) in [6, 6.07) is 5.98. The van der Waals surface area contributed by atoms with Gasteiger partial charge in [0, 0.05) is 73.3 Å². The number of fused-ring (bicyclic) bond motifs is 14. The van der Waals surface area contributed by atoms with E-state index in [9.17, 15) is 19.8 Å². The van der Waals surface area contributed by atoms with E-state index < -0.39 is 17.1 Å². The van der Waals surface area contributed by atoms with Gasteiger partial charge in [0.1, 0.15) is 22.4 Å². The summed E-state index contributed by atoms with van der Waals surface area (Å²) in [4.78, 5) is 38.1. The number of carbonyl (C=O) groups is 2. The molecule has 4 aliphatic heterocycles. The van der Waals surface area contributed by atoms with Crippen LogP contribution < -0.4 is 21.5 Å². The van der Waals surface area contributed by atoms with Crippen LogP contribution in [0.5, 0.6) is 11.5 Å². The second-order valence-electron chi connectivity index (χ2n) is 21.3. The molecule has 4 saturated carbocycles. The predicted octanol–water partition coefficient (Wildman–Crippen LogP) is 8.91. The molecule has 7 unspecified atom stereocenters. The monoisotopic (exact) mass is 931 g/mol. The van der Waals surface area contributed by atoms with Gasteiger partial charge in [0.25, 0.3) is 0 Å². The number of esters is 1. The molecule has 1 saturated heterocycles. The van der Waals surface area contributed by atoms with Crippen molar-refractivity contribution < 1.29 is 29.3 Å². The number of benzene rings is 1. The Kier molecular flexibility index (Phi) is 14.2. The van der Waals surface area contributed by atoms with Crippen molar-refractivity contribution in [2.45, 2.75) is 190 Å². The van der Waals surface area contributed by atoms with Crippen LogP contribution in [-0.4, -0.2) is 79.5 Å². The first kappa shape index (κ1) is 46.7. The molecule has 0 radical (unpaired) electrons. The third-order valence-corrected chi connectivity index (χ3v) is 20.3. The van der Waals surface area contributed by atoms with Crippen LogP contribution in [0.1, 0.15) is 164 Å². The summed E-state index contributed by atoms with van der Waals surface area (Å²) >= 11 is 0. The van der Waals surface area contributed by atoms with E-state index in [1.165, 1.54) is 45.4 Å². The molecule has 356 valence electrons. The summed E-state index contributed by atoms with van der Waals surface area (Å²) < 4.78 is 13.0. The molecule has 1 amide bonds. The van der Waals surface area contributed by atoms with Crippen molar-refractivity contribution in [2.75, 3.05) is 24.6 Å². The zero-order valence-electron chi connectivity index (χ0n) is 38.8. The molecule has 5 heterocycles. The number of phenolic OH excluding ortho intramolecular Hbond substituents is 1. The summed E-state index contributed by atoms with van der Waals surface area (Å²) in [6.07, 6.45) is 23.7. The van der Waals surface area contributed by atoms with Gasteiger partial charge in [-0.25, -0.2) is 4.98 Å². The van der Waals surface area contributed by atoms with Crippen LogP contribution in [-0.2, 0) is 40.1 Å². The number of nitrogens with one attached hydrogen (secondary N) is 1. The number of guanidine groups is 1. The Hall–Kier alpha value is -3.36. The van der Waals surface area contributed by atoms with E-state index in [0.717, 1.165) is 93.1 Å². The third kappa shape index (κ3) is 10.1. The van der Waals surface area contributed by atoms with Gasteiger partial charge < -0.3 is 41.4 Å². The van der Waals surface area contributed by atoms with E-state index in [2.05, 4.69) is 16.4 Å². The molecule has 7 atom stereocenters. The minimum Gasteiger partial charge on any atom is -0.504 e. The largest absolute Gasteiger partial charge is 0.504 e. The number of hydrogen-bond donors (Lipinski definition) is 5. The minimum atomic E-state index is -0.777. The summed E-state index contributed by atoms with van der Waals surface area (Å²) in [5.41, 5.74) is 15.9. The van der Waals surface area contributed by atoms with Gasteiger partial charge in [-0.05, 0) is 157 Å². The lowest BCUT2D eigenvalue weighted by Crippen LogP contribution is -2.55. The molecule has 1 aromatic carbocycles. The first-order valence-electron chi connectivity index (χ1n) is 25.2. The second kappa shape index (κ2) is 19.7. The van der Waals surface area contributed by atoms with Crippen LogP contribution in [0.25, 0.3) is 0 Å². The number of anilines is 1. The van der Waals surface area contributed by atoms with Crippen LogP contribution in [0.4, 0.5) is 5.82 Å². The molecule has 7 N–H and O–H groups in total. The predicted molar refractivity (Wildman–Crippen MR) is 259 cm³/mol. The van der Waals surface area contributed by atoms with Gasteiger partial charge in [-0.2, -0.15) is 0 Å². The van der Waals surface area contributed by atoms with Gasteiger partial charge in [-0.3, -0.25) is 14.6 Å². The summed E-state index contributed by atoms with van der Waals surface area (Å²) in [5.74, 6) is 3.03. The second-order valence-corrected chi connectivity index (χ2v) is 24.1. The van der Waals surface area contributed by atoms with Crippen LogP contribution in [0.15, 0.2) is 29.4 Å². The topological polar surface area (TPSA) is 186 Å². The number of aliphatic hydroxyl groups excluding tert-OH is 1. The number of aliphatic hydroxyl groups is 1. The Bertz CT molecular complexity index is 2080. The molecule has 8 aliphatic rings. The number of aromatic hydroxyl groups is 1. The molecular weight excluding hydrogens is 857 g/mol. The van der Waals surface area contributed by atoms with Gasteiger partial charge in [-0.1, -0.05) is 47.3 Å². The molecule has 10 rings (SSSR count). The van der Waals surface area contributed by atoms with Gasteiger partial charge in [0.15, 0.2) is 17.5 Å². The quantitative estimate of drug-likeness (QED) is 0.146. The normalized spacial score (nSPS) is 33.5. The van der Waals surface area contributed by atoms with Crippen LogP contribution in [0.2, 0.25) is 0 Å². The maximum absolute atomic E-state index is 14.4. The molecule has 4 aliphatic carbocycles. The molecule has 1 aromatic heterocycles. The van der Waals surface area contributed by atoms with Crippen LogP contribution in [0.3, 0.4) is 0 Å². The van der Waals surface area contributed by atoms with Crippen molar-refractivity contribution in [3.8, 4) is 11.5 Å². The maximum Gasteiger partial charge on any atom is 0.303 e. The number of amides is 1. The van der Waals surface area contributed by atoms with Crippen molar-refractivity contribution in [3.63, 3.8) is 0 Å². The third-order valence-electron chi connectivity index (χ3n) is 17.0. The van der Waals surface area contributed by atoms with E-state index in [1.807, 2.05) is 38.6 Å². The average Bonchev–Trinajstić information content (AvgIpc) is 4.04. The average molecular weight is 931 g/mol. The minimum absolute atomic E-state index is 0.0354. The molecule has 5 fully saturated rings. The summed E-state index contributed by atoms with van der Waals surface area (Å²) in [7, 11) is 3.97. The molecule has 12 nitrogen and oxygen atoms in total. The van der Waals surface area contributed by atoms with E-state index in [0.29, 0.717) is 87.0 Å². The highest BCUT2D eigenvalue weighted by Crippen LogP contribution is 2.63. The Morgan fingerprint density at radius 3 is 2.58 bits per heavy atom. The first-order valence-corrected chi connectivity index (χ1v) is 27.5. The van der Waals surface area contributed by atoms with Crippen LogP contribution in [0, 0.1) is 22.7 Å². The number of nitrogen functional groups attached to an aromatic ring is 1. The van der Waals surface area contributed by atoms with E-state index in [1.54, 1.807) is 6.20 Å². The van der Waals surface area contributed by atoms with E-state index >= 15 is 0 Å². The Morgan fingerprint density at radius 2 is 1.77 bits per heavy atom. The number of aromatic nitrogens is 1. The number of hydrogen-bond acceptors (Lipinski definition) is 13. The Labute approximate surface area is 394 Å². The number of phenols is 1. The summed E-state index contributed by atoms with van der Waals surface area (Å²) in [5, 5.41) is 27.8. The lowest BCUT2D eigenvalue weighted by atomic mass is 9.72. The van der Waals surface area contributed by atoms with E-state index in [4.69, 9.17) is 25.9 Å². The van der Waals surface area contributed by atoms with Crippen LogP contribution >= 0.6 is 21.6 Å². The number of carbonyl (C=O) groups excluding carboxylic acids is 2. The zero-order valence-corrected chi connectivity index (χ0v) is 40.4. The molecule has 2 spiro atoms. The van der Waals surface area contributed by atoms with Gasteiger partial charge >= 0.3 is 5.97 Å². The smallest absolute Gasteiger partial charge is 0.303 e. The Morgan fingerprint density at radius 1 is 0.938 bits per heavy atom. The fraction of sp³-hybridized carbons (Fsp3) is 0.725. The number of nitrogens with zero attached hydrogens (tertiary/aromatic N) is 3. The Balaban J connectivity index is 1.05. The zero-order chi connectivity index (χ0) is 45.2. The fourth-order valence-corrected chi connectivity index (χ4v) is 17.2. The maximum atomic E-state index is 14.4. The number of aryl methyl sites for hydroxylation is 1. The lowest BCUT2D eigenvalue weighted by molar-refractivity contribution is -0.168. The highest BCUT2D eigenvalue weighted by molar-refractivity contribution is 8.77. The molecular formula is C51H74N6O6S2. The standard InChI is InChI=1S/C51H74N6O6S2/c1-34(58)63-50-21-14-36(41(59)30-50)9-3-2-6-26-64-65-51(20-8-19-49(51)17-4-5-18-49)56-47(53)55-25-23-48(29-35-16-24-54-43(52)27-35)31-44(60)57(33-48)32-39-28-38(15-22-50)40-13-12-37-10-7-11-42(37)62-46(40)45(39)61/h16,24,27-28,36-37,41-42,59,61H,2-15,17-23,25-26,29-33H2,1H3,(H2,52,54)(H3,53,55,56). The molecule has 2 aromatic rings. The lowest BCUT2D eigenvalue weighted by Gasteiger charge is -2.44. The highest BCUT2D eigenvalue weighted by atomic mass is 33.1. The number of aliphatic imine (C=N–C) groups is 1. The van der Waals surface area contributed by atoms with E-state index in [-0.39, 0.29) is 46.5 Å². The molecule has 14 heteroatoms. The number of pyridine rings is 1.